The number of hydrogen-bond acceptors (Lipinski definition) is 4. The van der Waals surface area contributed by atoms with Crippen molar-refractivity contribution < 1.29 is 92.9 Å². The molecule has 0 atom stereocenters. The maximum Gasteiger partial charge on any atom is 2.00 e. The Hall–Kier alpha value is 2.42. The van der Waals surface area contributed by atoms with Gasteiger partial charge in [-0.25, -0.2) is 0 Å². The Bertz CT molecular complexity index is 61.9. The van der Waals surface area contributed by atoms with Crippen LogP contribution in [0.25, 0.3) is 0 Å². The van der Waals surface area contributed by atoms with E-state index in [-0.39, 0.29) is 73.7 Å². The topological polar surface area (TPSA) is 86.2 Å². The Labute approximate surface area is 99.8 Å². The third-order valence-electron chi connectivity index (χ3n) is 0. The van der Waals surface area contributed by atoms with Crippen LogP contribution in [0.5, 0.6) is 0 Å². The van der Waals surface area contributed by atoms with Gasteiger partial charge in [-0.3, -0.25) is 0 Å². The summed E-state index contributed by atoms with van der Waals surface area (Å²) in [6.45, 7) is 0. The first kappa shape index (κ1) is 30.1. The molecule has 0 saturated heterocycles. The minimum Gasteiger partial charge on any atom is -0.822 e. The fourth-order valence-electron chi connectivity index (χ4n) is 0. The summed E-state index contributed by atoms with van der Waals surface area (Å²) in [5, 5.41) is 0. The van der Waals surface area contributed by atoms with Crippen LogP contribution in [-0.4, -0.2) is 0 Å². The van der Waals surface area contributed by atoms with Crippen molar-refractivity contribution in [3.05, 3.63) is 0 Å². The maximum absolute atomic E-state index is 8.55. The molecule has 0 rings (SSSR count). The molecule has 9 heavy (non-hydrogen) atoms. The summed E-state index contributed by atoms with van der Waals surface area (Å²) in [6, 6.07) is 0. The van der Waals surface area contributed by atoms with E-state index in [1.807, 2.05) is 0 Å². The van der Waals surface area contributed by atoms with Crippen molar-refractivity contribution in [3.8, 4) is 0 Å². The second-order valence-corrected chi connectivity index (χ2v) is 1.34. The van der Waals surface area contributed by atoms with E-state index in [1.54, 1.807) is 0 Å². The molecule has 0 aromatic heterocycles. The van der Waals surface area contributed by atoms with E-state index >= 15 is 0 Å². The fourth-order valence-corrected chi connectivity index (χ4v) is 0. The van der Waals surface area contributed by atoms with Crippen LogP contribution in [0, 0.1) is 0 Å². The summed E-state index contributed by atoms with van der Waals surface area (Å²) in [6.07, 6.45) is 0. The number of phosphoric acid groups is 1. The Morgan fingerprint density at radius 1 is 0.889 bits per heavy atom. The zero-order valence-corrected chi connectivity index (χ0v) is 7.43. The molecule has 4 nitrogen and oxygen atoms in total. The maximum atomic E-state index is 8.55. The van der Waals surface area contributed by atoms with Gasteiger partial charge in [0.05, 0.1) is 0 Å². The van der Waals surface area contributed by atoms with E-state index in [0.717, 1.165) is 0 Å². The van der Waals surface area contributed by atoms with E-state index in [9.17, 15) is 0 Å². The molecule has 0 radical (unpaired) electrons. The van der Waals surface area contributed by atoms with Gasteiger partial charge in [0.15, 0.2) is 0 Å². The van der Waals surface area contributed by atoms with Gasteiger partial charge >= 0.3 is 73.7 Å². The average Bonchev–Trinajstić information content (AvgIpc) is 0.722. The van der Waals surface area contributed by atoms with Crippen molar-refractivity contribution >= 4 is 7.82 Å². The summed E-state index contributed by atoms with van der Waals surface area (Å²) in [7, 11) is -5.39. The zero-order chi connectivity index (χ0) is 4.50. The van der Waals surface area contributed by atoms with Crippen LogP contribution < -0.4 is 71.3 Å². The van der Waals surface area contributed by atoms with Crippen molar-refractivity contribution in [1.29, 1.82) is 0 Å². The molecule has 0 heterocycles. The van der Waals surface area contributed by atoms with Crippen LogP contribution >= 0.6 is 7.82 Å². The van der Waals surface area contributed by atoms with Gasteiger partial charge in [0.25, 0.3) is 0 Å². The normalized spacial score (nSPS) is 6.56. The Kier molecular flexibility index (Phi) is 43.6. The van der Waals surface area contributed by atoms with Crippen molar-refractivity contribution in [1.82, 2.24) is 0 Å². The quantitative estimate of drug-likeness (QED) is 0.268. The molecule has 0 aliphatic carbocycles. The van der Waals surface area contributed by atoms with E-state index in [1.165, 1.54) is 0 Å². The Morgan fingerprint density at radius 2 is 0.889 bits per heavy atom. The predicted octanol–water partition coefficient (Wildman–Crippen LogP) is -11.8. The Balaban J connectivity index is -0.0000000133. The molecular weight excluding hydrogens is 172 g/mol. The molecule has 0 aliphatic rings. The average molecular weight is 172 g/mol. The molecule has 0 amide bonds. The monoisotopic (exact) mass is 172 g/mol. The first-order valence-electron chi connectivity index (χ1n) is 0.730. The SMILES string of the molecule is O=P([O-])([O-])[O-].[Fe+2].[Li+].[Li+].[Li+]. The second kappa shape index (κ2) is 13.0. The van der Waals surface area contributed by atoms with Gasteiger partial charge < -0.3 is 19.2 Å². The standard InChI is InChI=1S/Fe.3Li.H3O4P/c;;;;1-5(2,3)4/h;;;;(H3,1,2,3,4)/q+2;3*+1;/p-3. The van der Waals surface area contributed by atoms with Crippen LogP contribution in [0.4, 0.5) is 0 Å². The molecule has 0 spiro atoms. The van der Waals surface area contributed by atoms with Crippen LogP contribution in [0.3, 0.4) is 0 Å². The van der Waals surface area contributed by atoms with Gasteiger partial charge in [0.1, 0.15) is 0 Å². The van der Waals surface area contributed by atoms with Crippen LogP contribution in [0.15, 0.2) is 0 Å². The Morgan fingerprint density at radius 3 is 0.889 bits per heavy atom. The van der Waals surface area contributed by atoms with Gasteiger partial charge in [0, 0.05) is 0 Å². The molecule has 9 heteroatoms. The molecule has 0 aliphatic heterocycles. The molecule has 0 unspecified atom stereocenters. The number of rotatable bonds is 0. The molecule has 0 saturated carbocycles. The van der Waals surface area contributed by atoms with Gasteiger partial charge in [0.2, 0.25) is 0 Å². The zero-order valence-electron chi connectivity index (χ0n) is 5.43. The molecule has 0 fully saturated rings. The molecule has 0 aromatic rings. The molecule has 0 bridgehead atoms. The third kappa shape index (κ3) is 126. The minimum atomic E-state index is -5.39. The summed E-state index contributed by atoms with van der Waals surface area (Å²) in [5.74, 6) is 0. The van der Waals surface area contributed by atoms with Crippen molar-refractivity contribution in [3.63, 3.8) is 0 Å². The summed E-state index contributed by atoms with van der Waals surface area (Å²) in [5.41, 5.74) is 0. The molecule has 0 N–H and O–H groups in total. The van der Waals surface area contributed by atoms with Gasteiger partial charge in [-0.1, -0.05) is 0 Å². The molecular formula is FeLi3O4P+2. The van der Waals surface area contributed by atoms with Gasteiger partial charge in [-0.05, 0) is 0 Å². The number of hydrogen-bond donors (Lipinski definition) is 0. The van der Waals surface area contributed by atoms with Crippen molar-refractivity contribution in [2.45, 2.75) is 0 Å². The largest absolute Gasteiger partial charge is 2.00 e. The van der Waals surface area contributed by atoms with Gasteiger partial charge in [-0.2, -0.15) is 7.82 Å². The van der Waals surface area contributed by atoms with Crippen LogP contribution in [0.1, 0.15) is 0 Å². The van der Waals surface area contributed by atoms with Crippen molar-refractivity contribution in [2.75, 3.05) is 0 Å². The summed E-state index contributed by atoms with van der Waals surface area (Å²) in [4.78, 5) is 25.6. The summed E-state index contributed by atoms with van der Waals surface area (Å²) >= 11 is 0. The van der Waals surface area contributed by atoms with E-state index in [0.29, 0.717) is 0 Å². The van der Waals surface area contributed by atoms with Crippen LogP contribution in [-0.2, 0) is 21.6 Å². The van der Waals surface area contributed by atoms with E-state index in [4.69, 9.17) is 19.2 Å². The van der Waals surface area contributed by atoms with Crippen LogP contribution in [0.2, 0.25) is 0 Å². The minimum absolute atomic E-state index is 0. The third-order valence-corrected chi connectivity index (χ3v) is 0. The van der Waals surface area contributed by atoms with E-state index in [2.05, 4.69) is 0 Å². The van der Waals surface area contributed by atoms with Gasteiger partial charge in [-0.15, -0.1) is 0 Å². The first-order chi connectivity index (χ1) is 2.00. The second-order valence-electron chi connectivity index (χ2n) is 0.447. The smallest absolute Gasteiger partial charge is 0.822 e. The van der Waals surface area contributed by atoms with E-state index < -0.39 is 7.82 Å². The predicted molar refractivity (Wildman–Crippen MR) is 7.61 cm³/mol. The molecule has 38 valence electrons. The summed E-state index contributed by atoms with van der Waals surface area (Å²) < 4.78 is 8.55. The van der Waals surface area contributed by atoms with Crippen molar-refractivity contribution in [2.24, 2.45) is 0 Å². The molecule has 0 aromatic carbocycles. The first-order valence-corrected chi connectivity index (χ1v) is 2.19. The fraction of sp³-hybridized carbons (Fsp3) is 0.